The molecule has 20 heavy (non-hydrogen) atoms. The smallest absolute Gasteiger partial charge is 0.203 e. The van der Waals surface area contributed by atoms with Gasteiger partial charge < -0.3 is 19.5 Å². The molecule has 0 amide bonds. The molecule has 4 heteroatoms. The van der Waals surface area contributed by atoms with Gasteiger partial charge in [-0.25, -0.2) is 0 Å². The zero-order chi connectivity index (χ0) is 14.9. The average Bonchev–Trinajstić information content (AvgIpc) is 2.43. The van der Waals surface area contributed by atoms with E-state index in [2.05, 4.69) is 32.2 Å². The van der Waals surface area contributed by atoms with Crippen LogP contribution in [0.1, 0.15) is 37.9 Å². The first kappa shape index (κ1) is 15.0. The Kier molecular flexibility index (Phi) is 4.14. The summed E-state index contributed by atoms with van der Waals surface area (Å²) in [6.45, 7) is 7.66. The van der Waals surface area contributed by atoms with Crippen LogP contribution >= 0.6 is 0 Å². The minimum absolute atomic E-state index is 0.0993. The highest BCUT2D eigenvalue weighted by Crippen LogP contribution is 2.49. The summed E-state index contributed by atoms with van der Waals surface area (Å²) in [5, 5.41) is 3.60. The Bertz CT molecular complexity index is 491. The summed E-state index contributed by atoms with van der Waals surface area (Å²) in [6.07, 6.45) is 0.971. The van der Waals surface area contributed by atoms with Crippen molar-refractivity contribution in [2.45, 2.75) is 33.2 Å². The first-order valence-corrected chi connectivity index (χ1v) is 6.99. The average molecular weight is 279 g/mol. The van der Waals surface area contributed by atoms with Gasteiger partial charge in [0.2, 0.25) is 5.75 Å². The van der Waals surface area contributed by atoms with Gasteiger partial charge in [-0.1, -0.05) is 20.8 Å². The third kappa shape index (κ3) is 2.44. The molecule has 1 heterocycles. The van der Waals surface area contributed by atoms with Gasteiger partial charge in [0.15, 0.2) is 11.5 Å². The van der Waals surface area contributed by atoms with E-state index in [0.29, 0.717) is 5.75 Å². The van der Waals surface area contributed by atoms with Gasteiger partial charge in [-0.2, -0.15) is 0 Å². The SMILES string of the molecule is COc1cc2c(c(OC)c1OC)C(C(C)(C)C)NCC2. The third-order valence-corrected chi connectivity index (χ3v) is 3.85. The second kappa shape index (κ2) is 5.52. The van der Waals surface area contributed by atoms with Crippen LogP contribution < -0.4 is 19.5 Å². The topological polar surface area (TPSA) is 39.7 Å². The molecule has 1 aliphatic heterocycles. The molecule has 0 saturated carbocycles. The summed E-state index contributed by atoms with van der Waals surface area (Å²) >= 11 is 0. The normalized spacial score (nSPS) is 18.4. The van der Waals surface area contributed by atoms with E-state index in [1.54, 1.807) is 21.3 Å². The van der Waals surface area contributed by atoms with Gasteiger partial charge in [0, 0.05) is 11.6 Å². The molecule has 0 bridgehead atoms. The van der Waals surface area contributed by atoms with Crippen molar-refractivity contribution in [2.24, 2.45) is 5.41 Å². The van der Waals surface area contributed by atoms with Crippen molar-refractivity contribution in [1.29, 1.82) is 0 Å². The number of nitrogens with one attached hydrogen (secondary N) is 1. The Morgan fingerprint density at radius 2 is 1.70 bits per heavy atom. The molecular formula is C16H25NO3. The van der Waals surface area contributed by atoms with E-state index in [9.17, 15) is 0 Å². The van der Waals surface area contributed by atoms with Crippen LogP contribution in [0.5, 0.6) is 17.2 Å². The molecule has 2 rings (SSSR count). The lowest BCUT2D eigenvalue weighted by atomic mass is 9.77. The maximum Gasteiger partial charge on any atom is 0.203 e. The molecule has 0 spiro atoms. The van der Waals surface area contributed by atoms with Gasteiger partial charge in [-0.3, -0.25) is 0 Å². The molecule has 0 aromatic heterocycles. The molecule has 1 unspecified atom stereocenters. The number of fused-ring (bicyclic) bond motifs is 1. The zero-order valence-electron chi connectivity index (χ0n) is 13.3. The molecule has 0 saturated heterocycles. The fourth-order valence-corrected chi connectivity index (χ4v) is 2.94. The van der Waals surface area contributed by atoms with Crippen LogP contribution in [0.4, 0.5) is 0 Å². The highest BCUT2D eigenvalue weighted by Gasteiger charge is 2.35. The van der Waals surface area contributed by atoms with Crippen LogP contribution in [0.15, 0.2) is 6.07 Å². The monoisotopic (exact) mass is 279 g/mol. The molecule has 1 aromatic carbocycles. The van der Waals surface area contributed by atoms with Gasteiger partial charge in [0.25, 0.3) is 0 Å². The predicted octanol–water partition coefficient (Wildman–Crippen LogP) is 2.95. The molecule has 1 aromatic rings. The summed E-state index contributed by atoms with van der Waals surface area (Å²) in [6, 6.07) is 2.32. The van der Waals surface area contributed by atoms with Crippen LogP contribution in [-0.2, 0) is 6.42 Å². The van der Waals surface area contributed by atoms with Crippen molar-refractivity contribution in [2.75, 3.05) is 27.9 Å². The Labute approximate surface area is 121 Å². The molecule has 0 radical (unpaired) electrons. The first-order chi connectivity index (χ1) is 9.43. The Morgan fingerprint density at radius 3 is 2.20 bits per heavy atom. The largest absolute Gasteiger partial charge is 0.493 e. The minimum atomic E-state index is 0.0993. The summed E-state index contributed by atoms with van der Waals surface area (Å²) in [5.74, 6) is 2.19. The number of hydrogen-bond acceptors (Lipinski definition) is 4. The van der Waals surface area contributed by atoms with Crippen LogP contribution in [0.3, 0.4) is 0 Å². The standard InChI is InChI=1S/C16H25NO3/c1-16(2,3)15-12-10(7-8-17-15)9-11(18-4)13(19-5)14(12)20-6/h9,15,17H,7-8H2,1-6H3. The number of benzene rings is 1. The number of methoxy groups -OCH3 is 3. The fourth-order valence-electron chi connectivity index (χ4n) is 2.94. The second-order valence-electron chi connectivity index (χ2n) is 6.22. The highest BCUT2D eigenvalue weighted by atomic mass is 16.5. The fraction of sp³-hybridized carbons (Fsp3) is 0.625. The zero-order valence-corrected chi connectivity index (χ0v) is 13.3. The van der Waals surface area contributed by atoms with Gasteiger partial charge in [0.1, 0.15) is 0 Å². The van der Waals surface area contributed by atoms with E-state index in [1.165, 1.54) is 11.1 Å². The lowest BCUT2D eigenvalue weighted by Gasteiger charge is -2.38. The van der Waals surface area contributed by atoms with E-state index < -0.39 is 0 Å². The van der Waals surface area contributed by atoms with Crippen LogP contribution in [-0.4, -0.2) is 27.9 Å². The van der Waals surface area contributed by atoms with Crippen molar-refractivity contribution in [3.8, 4) is 17.2 Å². The molecule has 112 valence electrons. The lowest BCUT2D eigenvalue weighted by Crippen LogP contribution is -2.38. The second-order valence-corrected chi connectivity index (χ2v) is 6.22. The van der Waals surface area contributed by atoms with Crippen molar-refractivity contribution in [3.63, 3.8) is 0 Å². The quantitative estimate of drug-likeness (QED) is 0.923. The van der Waals surface area contributed by atoms with E-state index in [-0.39, 0.29) is 11.5 Å². The maximum atomic E-state index is 5.66. The minimum Gasteiger partial charge on any atom is -0.493 e. The molecule has 0 aliphatic carbocycles. The first-order valence-electron chi connectivity index (χ1n) is 6.99. The highest BCUT2D eigenvalue weighted by molar-refractivity contribution is 5.61. The number of rotatable bonds is 3. The molecular weight excluding hydrogens is 254 g/mol. The van der Waals surface area contributed by atoms with Crippen LogP contribution in [0.25, 0.3) is 0 Å². The third-order valence-electron chi connectivity index (χ3n) is 3.85. The molecule has 0 fully saturated rings. The lowest BCUT2D eigenvalue weighted by molar-refractivity contribution is 0.249. The van der Waals surface area contributed by atoms with Gasteiger partial charge in [-0.05, 0) is 30.0 Å². The number of hydrogen-bond donors (Lipinski definition) is 1. The number of ether oxygens (including phenoxy) is 3. The molecule has 1 aliphatic rings. The van der Waals surface area contributed by atoms with E-state index in [1.807, 2.05) is 0 Å². The van der Waals surface area contributed by atoms with Crippen molar-refractivity contribution >= 4 is 0 Å². The Balaban J connectivity index is 2.68. The van der Waals surface area contributed by atoms with Crippen molar-refractivity contribution in [1.82, 2.24) is 5.32 Å². The van der Waals surface area contributed by atoms with Crippen LogP contribution in [0, 0.1) is 5.41 Å². The van der Waals surface area contributed by atoms with E-state index in [0.717, 1.165) is 24.5 Å². The molecule has 1 atom stereocenters. The van der Waals surface area contributed by atoms with Gasteiger partial charge in [-0.15, -0.1) is 0 Å². The van der Waals surface area contributed by atoms with Gasteiger partial charge >= 0.3 is 0 Å². The summed E-state index contributed by atoms with van der Waals surface area (Å²) in [7, 11) is 4.99. The van der Waals surface area contributed by atoms with E-state index >= 15 is 0 Å². The van der Waals surface area contributed by atoms with Gasteiger partial charge in [0.05, 0.1) is 21.3 Å². The summed E-state index contributed by atoms with van der Waals surface area (Å²) in [5.41, 5.74) is 2.57. The van der Waals surface area contributed by atoms with Crippen molar-refractivity contribution in [3.05, 3.63) is 17.2 Å². The maximum absolute atomic E-state index is 5.66. The van der Waals surface area contributed by atoms with Crippen LogP contribution in [0.2, 0.25) is 0 Å². The predicted molar refractivity (Wildman–Crippen MR) is 80.0 cm³/mol. The van der Waals surface area contributed by atoms with E-state index in [4.69, 9.17) is 14.2 Å². The summed E-state index contributed by atoms with van der Waals surface area (Å²) < 4.78 is 16.6. The Hall–Kier alpha value is -1.42. The van der Waals surface area contributed by atoms with Crippen molar-refractivity contribution < 1.29 is 14.2 Å². The summed E-state index contributed by atoms with van der Waals surface area (Å²) in [4.78, 5) is 0. The molecule has 4 nitrogen and oxygen atoms in total. The Morgan fingerprint density at radius 1 is 1.05 bits per heavy atom. The molecule has 1 N–H and O–H groups in total.